The molecular formula is C22H17FN2O3. The van der Waals surface area contributed by atoms with E-state index in [1.807, 2.05) is 30.3 Å². The molecule has 1 fully saturated rings. The second kappa shape index (κ2) is 6.81. The fourth-order valence-electron chi connectivity index (χ4n) is 3.14. The number of amides is 3. The Morgan fingerprint density at radius 1 is 0.857 bits per heavy atom. The summed E-state index contributed by atoms with van der Waals surface area (Å²) in [5.74, 6) is 0.438. The lowest BCUT2D eigenvalue weighted by Gasteiger charge is -2.22. The highest BCUT2D eigenvalue weighted by molar-refractivity contribution is 6.23. The molecule has 3 aromatic rings. The Morgan fingerprint density at radius 3 is 2.11 bits per heavy atom. The number of anilines is 1. The third-order valence-corrected chi connectivity index (χ3v) is 4.69. The van der Waals surface area contributed by atoms with E-state index in [0.717, 1.165) is 4.90 Å². The van der Waals surface area contributed by atoms with Crippen LogP contribution < -0.4 is 15.0 Å². The van der Waals surface area contributed by atoms with Gasteiger partial charge in [0.25, 0.3) is 5.91 Å². The van der Waals surface area contributed by atoms with Gasteiger partial charge in [-0.05, 0) is 61.0 Å². The minimum absolute atomic E-state index is 0.407. The summed E-state index contributed by atoms with van der Waals surface area (Å²) in [6, 6.07) is 20.9. The van der Waals surface area contributed by atoms with E-state index in [1.54, 1.807) is 31.2 Å². The number of hydrogen-bond donors (Lipinski definition) is 1. The third-order valence-electron chi connectivity index (χ3n) is 4.69. The number of halogens is 1. The number of carbonyl (C=O) groups is 2. The van der Waals surface area contributed by atoms with Gasteiger partial charge in [-0.25, -0.2) is 14.1 Å². The molecular weight excluding hydrogens is 359 g/mol. The number of carbonyl (C=O) groups excluding carboxylic acids is 2. The van der Waals surface area contributed by atoms with Crippen molar-refractivity contribution in [2.75, 3.05) is 4.90 Å². The maximum Gasteiger partial charge on any atom is 0.329 e. The minimum Gasteiger partial charge on any atom is -0.457 e. The fourth-order valence-corrected chi connectivity index (χ4v) is 3.14. The molecule has 140 valence electrons. The normalized spacial score (nSPS) is 18.9. The summed E-state index contributed by atoms with van der Waals surface area (Å²) in [6.45, 7) is 1.60. The summed E-state index contributed by atoms with van der Waals surface area (Å²) in [4.78, 5) is 26.6. The Morgan fingerprint density at radius 2 is 1.46 bits per heavy atom. The smallest absolute Gasteiger partial charge is 0.329 e. The first-order chi connectivity index (χ1) is 13.5. The van der Waals surface area contributed by atoms with Crippen LogP contribution in [-0.2, 0) is 10.3 Å². The first kappa shape index (κ1) is 17.7. The van der Waals surface area contributed by atoms with Gasteiger partial charge in [-0.3, -0.25) is 4.79 Å². The molecule has 3 aromatic carbocycles. The van der Waals surface area contributed by atoms with E-state index < -0.39 is 23.3 Å². The standard InChI is InChI=1S/C22H17FN2O3/c1-22(15-7-9-16(23)10-8-15)20(26)25(21(27)24-22)17-11-13-19(14-12-17)28-18-5-3-2-4-6-18/h2-14H,1H3,(H,24,27). The summed E-state index contributed by atoms with van der Waals surface area (Å²) >= 11 is 0. The molecule has 0 aromatic heterocycles. The van der Waals surface area contributed by atoms with Crippen molar-refractivity contribution in [1.29, 1.82) is 0 Å². The van der Waals surface area contributed by atoms with Crippen molar-refractivity contribution in [3.05, 3.63) is 90.2 Å². The van der Waals surface area contributed by atoms with Crippen LogP contribution in [0.25, 0.3) is 0 Å². The van der Waals surface area contributed by atoms with E-state index in [4.69, 9.17) is 4.74 Å². The van der Waals surface area contributed by atoms with E-state index in [1.165, 1.54) is 24.3 Å². The zero-order chi connectivity index (χ0) is 19.7. The molecule has 0 bridgehead atoms. The second-order valence-corrected chi connectivity index (χ2v) is 6.61. The number of urea groups is 1. The first-order valence-corrected chi connectivity index (χ1v) is 8.73. The lowest BCUT2D eigenvalue weighted by molar-refractivity contribution is -0.121. The molecule has 1 N–H and O–H groups in total. The molecule has 1 atom stereocenters. The molecule has 1 saturated heterocycles. The van der Waals surface area contributed by atoms with Gasteiger partial charge < -0.3 is 10.1 Å². The molecule has 0 aliphatic carbocycles. The second-order valence-electron chi connectivity index (χ2n) is 6.61. The predicted octanol–water partition coefficient (Wildman–Crippen LogP) is 4.59. The SMILES string of the molecule is CC1(c2ccc(F)cc2)NC(=O)N(c2ccc(Oc3ccccc3)cc2)C1=O. The van der Waals surface area contributed by atoms with Gasteiger partial charge in [0.2, 0.25) is 0 Å². The molecule has 1 aliphatic heterocycles. The average molecular weight is 376 g/mol. The maximum atomic E-state index is 13.2. The van der Waals surface area contributed by atoms with Gasteiger partial charge in [-0.15, -0.1) is 0 Å². The Bertz CT molecular complexity index is 1020. The summed E-state index contributed by atoms with van der Waals surface area (Å²) in [5, 5.41) is 2.70. The highest BCUT2D eigenvalue weighted by Gasteiger charge is 2.49. The first-order valence-electron chi connectivity index (χ1n) is 8.73. The van der Waals surface area contributed by atoms with Gasteiger partial charge >= 0.3 is 6.03 Å². The van der Waals surface area contributed by atoms with Crippen LogP contribution in [0.3, 0.4) is 0 Å². The summed E-state index contributed by atoms with van der Waals surface area (Å²) in [5.41, 5.74) is -0.322. The van der Waals surface area contributed by atoms with Crippen LogP contribution in [0.2, 0.25) is 0 Å². The van der Waals surface area contributed by atoms with Crippen LogP contribution in [0.4, 0.5) is 14.9 Å². The van der Waals surface area contributed by atoms with Gasteiger partial charge in [0.15, 0.2) is 0 Å². The number of nitrogens with zero attached hydrogens (tertiary/aromatic N) is 1. The van der Waals surface area contributed by atoms with E-state index in [0.29, 0.717) is 22.7 Å². The van der Waals surface area contributed by atoms with Gasteiger partial charge in [-0.1, -0.05) is 30.3 Å². The minimum atomic E-state index is -1.26. The molecule has 4 rings (SSSR count). The zero-order valence-corrected chi connectivity index (χ0v) is 15.1. The van der Waals surface area contributed by atoms with Gasteiger partial charge in [0.05, 0.1) is 5.69 Å². The molecule has 28 heavy (non-hydrogen) atoms. The van der Waals surface area contributed by atoms with Crippen LogP contribution in [-0.4, -0.2) is 11.9 Å². The van der Waals surface area contributed by atoms with Crippen molar-refractivity contribution in [3.8, 4) is 11.5 Å². The Labute approximate surface area is 161 Å². The number of nitrogens with one attached hydrogen (secondary N) is 1. The summed E-state index contributed by atoms with van der Waals surface area (Å²) in [7, 11) is 0. The number of hydrogen-bond acceptors (Lipinski definition) is 3. The average Bonchev–Trinajstić information content (AvgIpc) is 2.93. The van der Waals surface area contributed by atoms with Crippen LogP contribution in [0.15, 0.2) is 78.9 Å². The monoisotopic (exact) mass is 376 g/mol. The van der Waals surface area contributed by atoms with Crippen molar-refractivity contribution in [1.82, 2.24) is 5.32 Å². The summed E-state index contributed by atoms with van der Waals surface area (Å²) < 4.78 is 18.9. The van der Waals surface area contributed by atoms with Crippen molar-refractivity contribution in [3.63, 3.8) is 0 Å². The molecule has 6 heteroatoms. The van der Waals surface area contributed by atoms with Crippen LogP contribution in [0.1, 0.15) is 12.5 Å². The largest absolute Gasteiger partial charge is 0.457 e. The van der Waals surface area contributed by atoms with Crippen molar-refractivity contribution in [2.24, 2.45) is 0 Å². The highest BCUT2D eigenvalue weighted by atomic mass is 19.1. The fraction of sp³-hybridized carbons (Fsp3) is 0.0909. The molecule has 1 unspecified atom stereocenters. The lowest BCUT2D eigenvalue weighted by atomic mass is 9.92. The maximum absolute atomic E-state index is 13.2. The molecule has 5 nitrogen and oxygen atoms in total. The van der Waals surface area contributed by atoms with Crippen molar-refractivity contribution in [2.45, 2.75) is 12.5 Å². The summed E-state index contributed by atoms with van der Waals surface area (Å²) in [6.07, 6.45) is 0. The molecule has 0 spiro atoms. The third kappa shape index (κ3) is 3.09. The van der Waals surface area contributed by atoms with E-state index in [-0.39, 0.29) is 0 Å². The number of rotatable bonds is 4. The highest BCUT2D eigenvalue weighted by Crippen LogP contribution is 2.33. The number of imide groups is 1. The topological polar surface area (TPSA) is 58.6 Å². The van der Waals surface area contributed by atoms with Crippen molar-refractivity contribution < 1.29 is 18.7 Å². The van der Waals surface area contributed by atoms with Gasteiger partial charge in [-0.2, -0.15) is 0 Å². The Hall–Kier alpha value is -3.67. The molecule has 0 radical (unpaired) electrons. The van der Waals surface area contributed by atoms with E-state index >= 15 is 0 Å². The quantitative estimate of drug-likeness (QED) is 0.678. The molecule has 0 saturated carbocycles. The van der Waals surface area contributed by atoms with E-state index in [2.05, 4.69) is 5.32 Å². The van der Waals surface area contributed by atoms with Gasteiger partial charge in [0, 0.05) is 0 Å². The predicted molar refractivity (Wildman–Crippen MR) is 103 cm³/mol. The van der Waals surface area contributed by atoms with Crippen molar-refractivity contribution >= 4 is 17.6 Å². The molecule has 1 heterocycles. The Balaban J connectivity index is 1.58. The van der Waals surface area contributed by atoms with Crippen LogP contribution in [0.5, 0.6) is 11.5 Å². The molecule has 1 aliphatic rings. The number of benzene rings is 3. The lowest BCUT2D eigenvalue weighted by Crippen LogP contribution is -2.40. The van der Waals surface area contributed by atoms with Gasteiger partial charge in [0.1, 0.15) is 22.9 Å². The zero-order valence-electron chi connectivity index (χ0n) is 15.1. The van der Waals surface area contributed by atoms with E-state index in [9.17, 15) is 14.0 Å². The van der Waals surface area contributed by atoms with Crippen LogP contribution in [0, 0.1) is 5.82 Å². The van der Waals surface area contributed by atoms with Crippen LogP contribution >= 0.6 is 0 Å². The molecule has 3 amide bonds. The number of ether oxygens (including phenoxy) is 1. The number of para-hydroxylation sites is 1. The Kier molecular flexibility index (Phi) is 4.31.